The van der Waals surface area contributed by atoms with Gasteiger partial charge in [0, 0.05) is 23.6 Å². The maximum absolute atomic E-state index is 12.3. The van der Waals surface area contributed by atoms with E-state index in [0.717, 1.165) is 28.7 Å². The van der Waals surface area contributed by atoms with E-state index >= 15 is 0 Å². The smallest absolute Gasteiger partial charge is 0.315 e. The molecule has 5 heteroatoms. The van der Waals surface area contributed by atoms with Crippen molar-refractivity contribution < 1.29 is 14.3 Å². The van der Waals surface area contributed by atoms with Gasteiger partial charge in [0.2, 0.25) is 0 Å². The second kappa shape index (κ2) is 8.20. The highest BCUT2D eigenvalue weighted by molar-refractivity contribution is 5.82. The molecule has 0 bridgehead atoms. The van der Waals surface area contributed by atoms with Crippen LogP contribution in [0.25, 0.3) is 11.0 Å². The van der Waals surface area contributed by atoms with E-state index in [1.165, 1.54) is 0 Å². The Morgan fingerprint density at radius 2 is 1.92 bits per heavy atom. The Kier molecular flexibility index (Phi) is 6.26. The van der Waals surface area contributed by atoms with Gasteiger partial charge in [-0.2, -0.15) is 0 Å². The Labute approximate surface area is 143 Å². The molecule has 1 aromatic carbocycles. The first-order valence-electron chi connectivity index (χ1n) is 8.60. The minimum absolute atomic E-state index is 0.0155. The molecular formula is C19H28N2O3. The molecule has 2 atom stereocenters. The molecule has 2 amide bonds. The first kappa shape index (κ1) is 18.3. The maximum atomic E-state index is 12.3. The number of urea groups is 1. The summed E-state index contributed by atoms with van der Waals surface area (Å²) in [5.74, 6) is 1.01. The number of fused-ring (bicyclic) bond motifs is 1. The van der Waals surface area contributed by atoms with Crippen molar-refractivity contribution in [3.63, 3.8) is 0 Å². The number of nitrogens with one attached hydrogen (secondary N) is 2. The molecule has 24 heavy (non-hydrogen) atoms. The molecule has 2 rings (SSSR count). The zero-order valence-electron chi connectivity index (χ0n) is 14.9. The van der Waals surface area contributed by atoms with Gasteiger partial charge in [-0.15, -0.1) is 0 Å². The number of hydrogen-bond donors (Lipinski definition) is 3. The van der Waals surface area contributed by atoms with Gasteiger partial charge < -0.3 is 20.2 Å². The number of furan rings is 1. The van der Waals surface area contributed by atoms with Gasteiger partial charge in [0.25, 0.3) is 0 Å². The molecule has 5 nitrogen and oxygen atoms in total. The molecule has 2 unspecified atom stereocenters. The Morgan fingerprint density at radius 1 is 1.21 bits per heavy atom. The third-order valence-corrected chi connectivity index (χ3v) is 4.29. The quantitative estimate of drug-likeness (QED) is 0.720. The summed E-state index contributed by atoms with van der Waals surface area (Å²) in [6.45, 7) is 8.23. The monoisotopic (exact) mass is 332 g/mol. The lowest BCUT2D eigenvalue weighted by Gasteiger charge is -2.23. The van der Waals surface area contributed by atoms with Gasteiger partial charge >= 0.3 is 6.03 Å². The number of rotatable bonds is 7. The third kappa shape index (κ3) is 4.29. The van der Waals surface area contributed by atoms with E-state index in [-0.39, 0.29) is 30.6 Å². The number of aryl methyl sites for hydroxylation is 1. The van der Waals surface area contributed by atoms with Crippen molar-refractivity contribution in [3.05, 3.63) is 35.6 Å². The van der Waals surface area contributed by atoms with Crippen LogP contribution >= 0.6 is 0 Å². The van der Waals surface area contributed by atoms with Gasteiger partial charge in [-0.25, -0.2) is 4.79 Å². The van der Waals surface area contributed by atoms with Crippen molar-refractivity contribution in [3.8, 4) is 0 Å². The van der Waals surface area contributed by atoms with E-state index < -0.39 is 0 Å². The van der Waals surface area contributed by atoms with Crippen molar-refractivity contribution in [2.24, 2.45) is 5.92 Å². The second-order valence-electron chi connectivity index (χ2n) is 6.69. The van der Waals surface area contributed by atoms with E-state index in [4.69, 9.17) is 9.52 Å². The number of benzene rings is 1. The van der Waals surface area contributed by atoms with Crippen LogP contribution in [0.4, 0.5) is 4.79 Å². The average Bonchev–Trinajstić information content (AvgIpc) is 2.87. The highest BCUT2D eigenvalue weighted by atomic mass is 16.3. The molecule has 0 spiro atoms. The van der Waals surface area contributed by atoms with Gasteiger partial charge in [-0.05, 0) is 38.7 Å². The summed E-state index contributed by atoms with van der Waals surface area (Å²) in [6, 6.07) is 7.53. The summed E-state index contributed by atoms with van der Waals surface area (Å²) in [5, 5.41) is 15.9. The predicted molar refractivity (Wildman–Crippen MR) is 96.0 cm³/mol. The number of hydrogen-bond acceptors (Lipinski definition) is 3. The summed E-state index contributed by atoms with van der Waals surface area (Å²) in [5.41, 5.74) is 1.91. The van der Waals surface area contributed by atoms with Crippen LogP contribution in [-0.2, 0) is 0 Å². The van der Waals surface area contributed by atoms with Gasteiger partial charge in [0.05, 0.1) is 6.04 Å². The summed E-state index contributed by atoms with van der Waals surface area (Å²) in [6.07, 6.45) is 1.43. The lowest BCUT2D eigenvalue weighted by atomic mass is 9.98. The molecule has 0 aliphatic heterocycles. The van der Waals surface area contributed by atoms with Crippen LogP contribution in [0, 0.1) is 12.8 Å². The summed E-state index contributed by atoms with van der Waals surface area (Å²) in [4.78, 5) is 12.3. The molecule has 3 N–H and O–H groups in total. The van der Waals surface area contributed by atoms with Crippen LogP contribution in [0.3, 0.4) is 0 Å². The standard InChI is InChI=1S/C19H28N2O3/c1-12(2)17(21-19(23)20-13(3)8-7-11-22)18-14(4)15-9-5-6-10-16(15)24-18/h5-6,9-10,12-13,17,22H,7-8,11H2,1-4H3,(H2,20,21,23). The Bertz CT molecular complexity index is 678. The van der Waals surface area contributed by atoms with Crippen LogP contribution in [0.15, 0.2) is 28.7 Å². The highest BCUT2D eigenvalue weighted by Crippen LogP contribution is 2.32. The van der Waals surface area contributed by atoms with Crippen molar-refractivity contribution in [2.75, 3.05) is 6.61 Å². The maximum Gasteiger partial charge on any atom is 0.315 e. The predicted octanol–water partition coefficient (Wildman–Crippen LogP) is 3.90. The van der Waals surface area contributed by atoms with E-state index in [0.29, 0.717) is 6.42 Å². The van der Waals surface area contributed by atoms with E-state index in [1.807, 2.05) is 38.1 Å². The fourth-order valence-electron chi connectivity index (χ4n) is 2.90. The fourth-order valence-corrected chi connectivity index (χ4v) is 2.90. The number of aliphatic hydroxyl groups excluding tert-OH is 1. The highest BCUT2D eigenvalue weighted by Gasteiger charge is 2.25. The first-order chi connectivity index (χ1) is 11.4. The molecule has 1 heterocycles. The summed E-state index contributed by atoms with van der Waals surface area (Å²) in [7, 11) is 0. The molecule has 0 aliphatic rings. The van der Waals surface area contributed by atoms with Crippen molar-refractivity contribution in [1.82, 2.24) is 10.6 Å². The van der Waals surface area contributed by atoms with Crippen LogP contribution in [0.5, 0.6) is 0 Å². The number of aliphatic hydroxyl groups is 1. The van der Waals surface area contributed by atoms with Crippen LogP contribution in [0.2, 0.25) is 0 Å². The number of carbonyl (C=O) groups is 1. The van der Waals surface area contributed by atoms with Crippen LogP contribution in [-0.4, -0.2) is 23.8 Å². The number of carbonyl (C=O) groups excluding carboxylic acids is 1. The molecule has 0 saturated heterocycles. The molecule has 0 fully saturated rings. The average molecular weight is 332 g/mol. The zero-order valence-corrected chi connectivity index (χ0v) is 14.9. The summed E-state index contributed by atoms with van der Waals surface area (Å²) < 4.78 is 6.02. The molecule has 132 valence electrons. The molecule has 0 radical (unpaired) electrons. The van der Waals surface area contributed by atoms with Crippen molar-refractivity contribution >= 4 is 17.0 Å². The minimum Gasteiger partial charge on any atom is -0.459 e. The van der Waals surface area contributed by atoms with Gasteiger partial charge in [0.1, 0.15) is 11.3 Å². The molecule has 0 saturated carbocycles. The number of amides is 2. The second-order valence-corrected chi connectivity index (χ2v) is 6.69. The van der Waals surface area contributed by atoms with Crippen LogP contribution in [0.1, 0.15) is 51.0 Å². The fraction of sp³-hybridized carbons (Fsp3) is 0.526. The van der Waals surface area contributed by atoms with Crippen molar-refractivity contribution in [1.29, 1.82) is 0 Å². The lowest BCUT2D eigenvalue weighted by molar-refractivity contribution is 0.224. The van der Waals surface area contributed by atoms with E-state index in [9.17, 15) is 4.79 Å². The van der Waals surface area contributed by atoms with E-state index in [2.05, 4.69) is 24.5 Å². The molecule has 0 aliphatic carbocycles. The van der Waals surface area contributed by atoms with Crippen LogP contribution < -0.4 is 10.6 Å². The van der Waals surface area contributed by atoms with Crippen molar-refractivity contribution in [2.45, 2.75) is 52.6 Å². The Balaban J connectivity index is 2.14. The topological polar surface area (TPSA) is 74.5 Å². The molecule has 1 aromatic heterocycles. The third-order valence-electron chi connectivity index (χ3n) is 4.29. The van der Waals surface area contributed by atoms with Gasteiger partial charge in [-0.1, -0.05) is 32.0 Å². The van der Waals surface area contributed by atoms with E-state index in [1.54, 1.807) is 0 Å². The van der Waals surface area contributed by atoms with Gasteiger partial charge in [-0.3, -0.25) is 0 Å². The summed E-state index contributed by atoms with van der Waals surface area (Å²) >= 11 is 0. The zero-order chi connectivity index (χ0) is 17.7. The molecular weight excluding hydrogens is 304 g/mol. The van der Waals surface area contributed by atoms with Gasteiger partial charge in [0.15, 0.2) is 0 Å². The lowest BCUT2D eigenvalue weighted by Crippen LogP contribution is -2.43. The minimum atomic E-state index is -0.209. The Hall–Kier alpha value is -2.01. The normalized spacial score (nSPS) is 13.9. The SMILES string of the molecule is Cc1c(C(NC(=O)NC(C)CCCO)C(C)C)oc2ccccc12. The number of para-hydroxylation sites is 1. The Morgan fingerprint density at radius 3 is 2.54 bits per heavy atom. The largest absolute Gasteiger partial charge is 0.459 e. The first-order valence-corrected chi connectivity index (χ1v) is 8.60. The molecule has 2 aromatic rings.